The normalized spacial score (nSPS) is 11.7. The van der Waals surface area contributed by atoms with Crippen molar-refractivity contribution in [2.45, 2.75) is 39.5 Å². The largest absolute Gasteiger partial charge is 0.381 e. The lowest BCUT2D eigenvalue weighted by atomic mass is 10.1. The number of amides is 1. The molecule has 1 aromatic rings. The lowest BCUT2D eigenvalue weighted by Gasteiger charge is -2.10. The Balaban J connectivity index is 2.21. The molecule has 1 rings (SSSR count). The minimum Gasteiger partial charge on any atom is -0.381 e. The third-order valence-corrected chi connectivity index (χ3v) is 3.20. The van der Waals surface area contributed by atoms with Crippen LogP contribution in [0, 0.1) is 17.2 Å². The molecule has 1 unspecified atom stereocenters. The number of benzene rings is 1. The highest BCUT2D eigenvalue weighted by atomic mass is 16.5. The highest BCUT2D eigenvalue weighted by Gasteiger charge is 2.06. The molecule has 1 atom stereocenters. The molecule has 0 bridgehead atoms. The van der Waals surface area contributed by atoms with Gasteiger partial charge in [-0.3, -0.25) is 4.79 Å². The fraction of sp³-hybridized carbons (Fsp3) is 0.529. The number of nitrogens with one attached hydrogen (secondary N) is 1. The van der Waals surface area contributed by atoms with Crippen molar-refractivity contribution in [2.75, 3.05) is 18.5 Å². The third-order valence-electron chi connectivity index (χ3n) is 3.20. The topological polar surface area (TPSA) is 62.1 Å². The minimum absolute atomic E-state index is 0.0806. The monoisotopic (exact) mass is 288 g/mol. The molecule has 0 aromatic heterocycles. The van der Waals surface area contributed by atoms with Gasteiger partial charge in [0.05, 0.1) is 11.3 Å². The van der Waals surface area contributed by atoms with E-state index in [9.17, 15) is 4.79 Å². The summed E-state index contributed by atoms with van der Waals surface area (Å²) in [5, 5.41) is 11.7. The van der Waals surface area contributed by atoms with E-state index >= 15 is 0 Å². The number of carbonyl (C=O) groups excluding carboxylic acids is 1. The van der Waals surface area contributed by atoms with Gasteiger partial charge in [-0.1, -0.05) is 32.4 Å². The van der Waals surface area contributed by atoms with Crippen LogP contribution in [-0.2, 0) is 9.53 Å². The molecule has 4 nitrogen and oxygen atoms in total. The number of anilines is 1. The molecule has 1 amide bonds. The van der Waals surface area contributed by atoms with E-state index in [2.05, 4.69) is 25.2 Å². The Hall–Kier alpha value is -1.86. The molecule has 0 fully saturated rings. The van der Waals surface area contributed by atoms with Gasteiger partial charge in [-0.2, -0.15) is 5.26 Å². The second kappa shape index (κ2) is 9.95. The van der Waals surface area contributed by atoms with E-state index in [4.69, 9.17) is 10.00 Å². The van der Waals surface area contributed by atoms with Gasteiger partial charge in [-0.05, 0) is 30.9 Å². The van der Waals surface area contributed by atoms with Gasteiger partial charge in [-0.15, -0.1) is 0 Å². The number of nitriles is 1. The number of carbonyl (C=O) groups is 1. The summed E-state index contributed by atoms with van der Waals surface area (Å²) in [5.41, 5.74) is 1.05. The van der Waals surface area contributed by atoms with Crippen LogP contribution in [0.15, 0.2) is 24.3 Å². The summed E-state index contributed by atoms with van der Waals surface area (Å²) in [6.07, 6.45) is 3.44. The molecule has 114 valence electrons. The van der Waals surface area contributed by atoms with E-state index in [-0.39, 0.29) is 5.91 Å². The van der Waals surface area contributed by atoms with E-state index in [1.165, 1.54) is 12.8 Å². The Bertz CT molecular complexity index is 480. The zero-order valence-corrected chi connectivity index (χ0v) is 12.9. The van der Waals surface area contributed by atoms with Crippen LogP contribution < -0.4 is 5.32 Å². The van der Waals surface area contributed by atoms with Crippen molar-refractivity contribution in [2.24, 2.45) is 5.92 Å². The second-order valence-corrected chi connectivity index (χ2v) is 5.28. The van der Waals surface area contributed by atoms with Crippen molar-refractivity contribution in [3.63, 3.8) is 0 Å². The molecular formula is C17H24N2O2. The SMILES string of the molecule is CCCC(C)COCCCC(=O)Nc1ccccc1C#N. The van der Waals surface area contributed by atoms with Gasteiger partial charge in [0.1, 0.15) is 6.07 Å². The molecular weight excluding hydrogens is 264 g/mol. The predicted molar refractivity (Wildman–Crippen MR) is 83.9 cm³/mol. The van der Waals surface area contributed by atoms with Crippen molar-refractivity contribution < 1.29 is 9.53 Å². The third kappa shape index (κ3) is 6.92. The van der Waals surface area contributed by atoms with Crippen LogP contribution in [0.5, 0.6) is 0 Å². The van der Waals surface area contributed by atoms with Crippen LogP contribution in [0.1, 0.15) is 45.1 Å². The number of rotatable bonds is 9. The molecule has 0 heterocycles. The van der Waals surface area contributed by atoms with Gasteiger partial charge < -0.3 is 10.1 Å². The number of nitrogens with zero attached hydrogens (tertiary/aromatic N) is 1. The van der Waals surface area contributed by atoms with Gasteiger partial charge in [0.2, 0.25) is 5.91 Å². The summed E-state index contributed by atoms with van der Waals surface area (Å²) in [6.45, 7) is 5.70. The van der Waals surface area contributed by atoms with E-state index < -0.39 is 0 Å². The van der Waals surface area contributed by atoms with Crippen LogP contribution in [0.3, 0.4) is 0 Å². The first kappa shape index (κ1) is 17.2. The highest BCUT2D eigenvalue weighted by molar-refractivity contribution is 5.92. The smallest absolute Gasteiger partial charge is 0.224 e. The molecule has 0 saturated carbocycles. The maximum atomic E-state index is 11.8. The molecule has 0 spiro atoms. The summed E-state index contributed by atoms with van der Waals surface area (Å²) < 4.78 is 5.56. The first-order chi connectivity index (χ1) is 10.2. The van der Waals surface area contributed by atoms with Crippen molar-refractivity contribution >= 4 is 11.6 Å². The summed E-state index contributed by atoms with van der Waals surface area (Å²) >= 11 is 0. The molecule has 0 radical (unpaired) electrons. The van der Waals surface area contributed by atoms with Crippen molar-refractivity contribution in [3.8, 4) is 6.07 Å². The number of hydrogen-bond donors (Lipinski definition) is 1. The van der Waals surface area contributed by atoms with Crippen LogP contribution in [-0.4, -0.2) is 19.1 Å². The van der Waals surface area contributed by atoms with Crippen molar-refractivity contribution in [3.05, 3.63) is 29.8 Å². The second-order valence-electron chi connectivity index (χ2n) is 5.28. The van der Waals surface area contributed by atoms with Gasteiger partial charge in [0, 0.05) is 19.6 Å². The minimum atomic E-state index is -0.0806. The van der Waals surface area contributed by atoms with Crippen LogP contribution in [0.25, 0.3) is 0 Å². The average Bonchev–Trinajstić information content (AvgIpc) is 2.47. The first-order valence-corrected chi connectivity index (χ1v) is 7.54. The number of ether oxygens (including phenoxy) is 1. The molecule has 0 saturated heterocycles. The average molecular weight is 288 g/mol. The lowest BCUT2D eigenvalue weighted by molar-refractivity contribution is -0.116. The Morgan fingerprint density at radius 2 is 2.19 bits per heavy atom. The van der Waals surface area contributed by atoms with Crippen LogP contribution in [0.4, 0.5) is 5.69 Å². The lowest BCUT2D eigenvalue weighted by Crippen LogP contribution is -2.14. The van der Waals surface area contributed by atoms with Gasteiger partial charge in [0.15, 0.2) is 0 Å². The molecule has 1 aromatic carbocycles. The zero-order chi connectivity index (χ0) is 15.5. The van der Waals surface area contributed by atoms with Gasteiger partial charge >= 0.3 is 0 Å². The van der Waals surface area contributed by atoms with E-state index in [1.807, 2.05) is 0 Å². The molecule has 0 aliphatic carbocycles. The number of para-hydroxylation sites is 1. The number of hydrogen-bond acceptors (Lipinski definition) is 3. The van der Waals surface area contributed by atoms with Gasteiger partial charge in [-0.25, -0.2) is 0 Å². The summed E-state index contributed by atoms with van der Waals surface area (Å²) in [6, 6.07) is 9.06. The summed E-state index contributed by atoms with van der Waals surface area (Å²) in [7, 11) is 0. The van der Waals surface area contributed by atoms with E-state index in [1.54, 1.807) is 24.3 Å². The maximum absolute atomic E-state index is 11.8. The molecule has 4 heteroatoms. The Kier molecular flexibility index (Phi) is 8.15. The van der Waals surface area contributed by atoms with Crippen LogP contribution >= 0.6 is 0 Å². The Morgan fingerprint density at radius 3 is 2.90 bits per heavy atom. The fourth-order valence-corrected chi connectivity index (χ4v) is 2.10. The Labute approximate surface area is 127 Å². The standard InChI is InChI=1S/C17H24N2O2/c1-3-7-14(2)13-21-11-6-10-17(20)19-16-9-5-4-8-15(16)12-18/h4-5,8-9,14H,3,6-7,10-11,13H2,1-2H3,(H,19,20). The van der Waals surface area contributed by atoms with E-state index in [0.717, 1.165) is 6.61 Å². The predicted octanol–water partition coefficient (Wildman–Crippen LogP) is 3.73. The molecule has 0 aliphatic rings. The molecule has 21 heavy (non-hydrogen) atoms. The quantitative estimate of drug-likeness (QED) is 0.704. The highest BCUT2D eigenvalue weighted by Crippen LogP contribution is 2.14. The van der Waals surface area contributed by atoms with Crippen LogP contribution in [0.2, 0.25) is 0 Å². The summed E-state index contributed by atoms with van der Waals surface area (Å²) in [5.74, 6) is 0.495. The maximum Gasteiger partial charge on any atom is 0.224 e. The molecule has 1 N–H and O–H groups in total. The van der Waals surface area contributed by atoms with E-state index in [0.29, 0.717) is 36.6 Å². The summed E-state index contributed by atoms with van der Waals surface area (Å²) in [4.78, 5) is 11.8. The van der Waals surface area contributed by atoms with Crippen molar-refractivity contribution in [1.82, 2.24) is 0 Å². The first-order valence-electron chi connectivity index (χ1n) is 7.54. The fourth-order valence-electron chi connectivity index (χ4n) is 2.10. The zero-order valence-electron chi connectivity index (χ0n) is 12.9. The van der Waals surface area contributed by atoms with Crippen molar-refractivity contribution in [1.29, 1.82) is 5.26 Å². The van der Waals surface area contributed by atoms with Gasteiger partial charge in [0.25, 0.3) is 0 Å². The molecule has 0 aliphatic heterocycles. The Morgan fingerprint density at radius 1 is 1.43 bits per heavy atom.